The quantitative estimate of drug-likeness (QED) is 0.224. The van der Waals surface area contributed by atoms with Crippen molar-refractivity contribution in [3.63, 3.8) is 0 Å². The van der Waals surface area contributed by atoms with Crippen LogP contribution in [0.2, 0.25) is 5.02 Å². The lowest BCUT2D eigenvalue weighted by Gasteiger charge is -2.53. The number of likely N-dealkylation sites (tertiary alicyclic amines) is 2. The van der Waals surface area contributed by atoms with Crippen molar-refractivity contribution in [2.45, 2.75) is 69.6 Å². The van der Waals surface area contributed by atoms with Crippen LogP contribution in [0.15, 0.2) is 84.9 Å². The van der Waals surface area contributed by atoms with Crippen molar-refractivity contribution < 1.29 is 14.4 Å². The molecule has 0 saturated carbocycles. The first-order valence-corrected chi connectivity index (χ1v) is 16.1. The van der Waals surface area contributed by atoms with Crippen molar-refractivity contribution in [3.05, 3.63) is 107 Å². The van der Waals surface area contributed by atoms with Crippen LogP contribution in [-0.4, -0.2) is 59.3 Å². The zero-order valence-corrected chi connectivity index (χ0v) is 28.4. The van der Waals surface area contributed by atoms with E-state index in [0.29, 0.717) is 24.0 Å². The zero-order chi connectivity index (χ0) is 29.8. The Bertz CT molecular complexity index is 1270. The molecular weight excluding hydrogens is 613 g/mol. The van der Waals surface area contributed by atoms with Gasteiger partial charge < -0.3 is 15.3 Å². The first-order valence-electron chi connectivity index (χ1n) is 15.7. The van der Waals surface area contributed by atoms with E-state index in [4.69, 9.17) is 17.3 Å². The van der Waals surface area contributed by atoms with Gasteiger partial charge in [0, 0.05) is 48.7 Å². The molecule has 5 nitrogen and oxygen atoms in total. The summed E-state index contributed by atoms with van der Waals surface area (Å²) in [7, 11) is 0. The Labute approximate surface area is 281 Å². The van der Waals surface area contributed by atoms with E-state index < -0.39 is 5.60 Å². The standard InChI is InChI=1S/C36H46ClN3O2.2ClH/c1-3-40(26-19-28(20-27-40)34(38)41)33(39-24-22-36(42,23-25-39)31-14-16-32(37)17-15-31)18-21-35(2,29-10-6-4-7-11-29)30-12-8-5-9-13-30;;/h4-17,28,33,42H,3,18-27H2,1-2H3,(H-,38,41);2*1H/p+1. The second-order valence-corrected chi connectivity index (χ2v) is 13.3. The number of quaternary nitrogens is 1. The topological polar surface area (TPSA) is 66.6 Å². The monoisotopic (exact) mass is 660 g/mol. The number of carbonyl (C=O) groups is 1. The number of rotatable bonds is 10. The number of aliphatic hydroxyl groups is 1. The summed E-state index contributed by atoms with van der Waals surface area (Å²) in [6.45, 7) is 9.29. The normalized spacial score (nSPS) is 22.7. The summed E-state index contributed by atoms with van der Waals surface area (Å²) in [5.41, 5.74) is 8.40. The predicted octanol–water partition coefficient (Wildman–Crippen LogP) is 7.31. The van der Waals surface area contributed by atoms with Gasteiger partial charge in [0.25, 0.3) is 0 Å². The summed E-state index contributed by atoms with van der Waals surface area (Å²) in [5, 5.41) is 12.4. The van der Waals surface area contributed by atoms with Gasteiger partial charge >= 0.3 is 0 Å². The summed E-state index contributed by atoms with van der Waals surface area (Å²) < 4.78 is 0.975. The van der Waals surface area contributed by atoms with Crippen molar-refractivity contribution in [2.24, 2.45) is 11.7 Å². The van der Waals surface area contributed by atoms with Crippen LogP contribution in [0.25, 0.3) is 0 Å². The summed E-state index contributed by atoms with van der Waals surface area (Å²) in [5.74, 6) is -0.189. The molecule has 1 atom stereocenters. The molecule has 0 bridgehead atoms. The van der Waals surface area contributed by atoms with Crippen LogP contribution in [0.4, 0.5) is 0 Å². The molecule has 0 aromatic heterocycles. The molecule has 2 fully saturated rings. The van der Waals surface area contributed by atoms with Crippen LogP contribution in [0.5, 0.6) is 0 Å². The lowest BCUT2D eigenvalue weighted by Crippen LogP contribution is -2.66. The van der Waals surface area contributed by atoms with E-state index in [1.165, 1.54) is 11.1 Å². The smallest absolute Gasteiger partial charge is 0.220 e. The minimum absolute atomic E-state index is 0. The maximum Gasteiger partial charge on any atom is 0.220 e. The number of carbonyl (C=O) groups excluding carboxylic acids is 1. The molecule has 5 rings (SSSR count). The molecule has 0 radical (unpaired) electrons. The fourth-order valence-electron chi connectivity index (χ4n) is 7.72. The Kier molecular flexibility index (Phi) is 12.8. The molecule has 3 aromatic rings. The van der Waals surface area contributed by atoms with Gasteiger partial charge in [-0.3, -0.25) is 9.69 Å². The molecule has 2 saturated heterocycles. The summed E-state index contributed by atoms with van der Waals surface area (Å²) in [6.07, 6.45) is 5.39. The van der Waals surface area contributed by atoms with Gasteiger partial charge in [-0.15, -0.1) is 24.8 Å². The molecule has 2 heterocycles. The number of amides is 1. The summed E-state index contributed by atoms with van der Waals surface area (Å²) in [4.78, 5) is 14.7. The van der Waals surface area contributed by atoms with Crippen molar-refractivity contribution in [2.75, 3.05) is 32.7 Å². The van der Waals surface area contributed by atoms with Crippen molar-refractivity contribution in [1.29, 1.82) is 0 Å². The third-order valence-electron chi connectivity index (χ3n) is 10.7. The Morgan fingerprint density at radius 2 is 1.45 bits per heavy atom. The van der Waals surface area contributed by atoms with Gasteiger partial charge in [-0.2, -0.15) is 0 Å². The molecule has 0 aliphatic carbocycles. The van der Waals surface area contributed by atoms with Crippen LogP contribution in [0.1, 0.15) is 69.1 Å². The number of hydrogen-bond acceptors (Lipinski definition) is 3. The number of benzene rings is 3. The van der Waals surface area contributed by atoms with E-state index >= 15 is 0 Å². The van der Waals surface area contributed by atoms with Crippen LogP contribution in [0, 0.1) is 5.92 Å². The lowest BCUT2D eigenvalue weighted by molar-refractivity contribution is -0.965. The second-order valence-electron chi connectivity index (χ2n) is 12.8. The van der Waals surface area contributed by atoms with E-state index in [-0.39, 0.29) is 42.1 Å². The highest BCUT2D eigenvalue weighted by molar-refractivity contribution is 6.30. The van der Waals surface area contributed by atoms with Crippen LogP contribution in [0.3, 0.4) is 0 Å². The van der Waals surface area contributed by atoms with Crippen LogP contribution in [-0.2, 0) is 15.8 Å². The van der Waals surface area contributed by atoms with Crippen LogP contribution < -0.4 is 5.73 Å². The fourth-order valence-corrected chi connectivity index (χ4v) is 7.85. The van der Waals surface area contributed by atoms with Crippen molar-refractivity contribution >= 4 is 42.3 Å². The Morgan fingerprint density at radius 1 is 0.955 bits per heavy atom. The van der Waals surface area contributed by atoms with E-state index in [1.807, 2.05) is 24.3 Å². The first kappa shape index (κ1) is 36.3. The maximum absolute atomic E-state index is 12.1. The number of halogens is 3. The molecule has 2 aliphatic heterocycles. The lowest BCUT2D eigenvalue weighted by atomic mass is 9.72. The molecule has 240 valence electrons. The van der Waals surface area contributed by atoms with Gasteiger partial charge in [0.2, 0.25) is 5.91 Å². The molecule has 0 spiro atoms. The highest BCUT2D eigenvalue weighted by atomic mass is 35.5. The third-order valence-corrected chi connectivity index (χ3v) is 10.9. The Hall–Kier alpha value is -2.12. The van der Waals surface area contributed by atoms with Crippen molar-refractivity contribution in [3.8, 4) is 0 Å². The molecule has 2 aliphatic rings. The number of nitrogens with two attached hydrogens (primary N) is 1. The van der Waals surface area contributed by atoms with E-state index in [2.05, 4.69) is 79.4 Å². The average Bonchev–Trinajstić information content (AvgIpc) is 3.03. The SMILES string of the molecule is CC[N+]1(C(CCC(C)(c2ccccc2)c2ccccc2)N2CCC(O)(c3ccc(Cl)cc3)CC2)CCC(C(N)=O)CC1.Cl.Cl. The highest BCUT2D eigenvalue weighted by Crippen LogP contribution is 2.41. The zero-order valence-electron chi connectivity index (χ0n) is 26.0. The molecule has 3 N–H and O–H groups in total. The van der Waals surface area contributed by atoms with Gasteiger partial charge in [0.05, 0.1) is 25.2 Å². The first-order chi connectivity index (χ1) is 20.2. The van der Waals surface area contributed by atoms with E-state index in [9.17, 15) is 9.90 Å². The Balaban J connectivity index is 0.00000264. The van der Waals surface area contributed by atoms with Gasteiger partial charge in [-0.1, -0.05) is 91.3 Å². The van der Waals surface area contributed by atoms with E-state index in [1.54, 1.807) is 0 Å². The molecule has 44 heavy (non-hydrogen) atoms. The molecule has 1 amide bonds. The maximum atomic E-state index is 12.1. The molecular formula is C36H49Cl3N3O2+. The molecule has 8 heteroatoms. The average molecular weight is 662 g/mol. The fraction of sp³-hybridized carbons (Fsp3) is 0.472. The molecule has 3 aromatic carbocycles. The van der Waals surface area contributed by atoms with E-state index in [0.717, 1.165) is 68.5 Å². The largest absolute Gasteiger partial charge is 0.385 e. The minimum atomic E-state index is -0.843. The second kappa shape index (κ2) is 15.4. The minimum Gasteiger partial charge on any atom is -0.385 e. The number of piperidine rings is 2. The van der Waals surface area contributed by atoms with Crippen molar-refractivity contribution in [1.82, 2.24) is 4.90 Å². The number of nitrogens with zero attached hydrogens (tertiary/aromatic N) is 2. The molecule has 1 unspecified atom stereocenters. The Morgan fingerprint density at radius 3 is 1.91 bits per heavy atom. The third kappa shape index (κ3) is 7.63. The van der Waals surface area contributed by atoms with Crippen LogP contribution >= 0.6 is 36.4 Å². The highest BCUT2D eigenvalue weighted by Gasteiger charge is 2.47. The predicted molar refractivity (Wildman–Crippen MR) is 185 cm³/mol. The number of hydrogen-bond donors (Lipinski definition) is 2. The van der Waals surface area contributed by atoms with Gasteiger partial charge in [0.1, 0.15) is 6.17 Å². The summed E-state index contributed by atoms with van der Waals surface area (Å²) >= 11 is 6.15. The van der Waals surface area contributed by atoms with Gasteiger partial charge in [-0.05, 0) is 55.0 Å². The number of primary amides is 1. The summed E-state index contributed by atoms with van der Waals surface area (Å²) in [6, 6.07) is 29.5. The van der Waals surface area contributed by atoms with Gasteiger partial charge in [0.15, 0.2) is 0 Å². The van der Waals surface area contributed by atoms with Gasteiger partial charge in [-0.25, -0.2) is 0 Å².